The minimum Gasteiger partial charge on any atom is -0.465 e. The number of esters is 1. The summed E-state index contributed by atoms with van der Waals surface area (Å²) >= 11 is 0. The highest BCUT2D eigenvalue weighted by molar-refractivity contribution is 6.15. The molecular weight excluding hydrogens is 360 g/mol. The van der Waals surface area contributed by atoms with Gasteiger partial charge in [-0.2, -0.15) is 13.2 Å². The van der Waals surface area contributed by atoms with Crippen LogP contribution in [0.1, 0.15) is 36.1 Å². The molecule has 0 fully saturated rings. The zero-order chi connectivity index (χ0) is 20.0. The number of carbonyl (C=O) groups is 1. The van der Waals surface area contributed by atoms with E-state index in [1.54, 1.807) is 26.8 Å². The second kappa shape index (κ2) is 6.51. The van der Waals surface area contributed by atoms with Crippen LogP contribution in [0.25, 0.3) is 5.57 Å². The van der Waals surface area contributed by atoms with Crippen molar-refractivity contribution in [3.8, 4) is 0 Å². The predicted molar refractivity (Wildman–Crippen MR) is 93.5 cm³/mol. The van der Waals surface area contributed by atoms with Gasteiger partial charge in [-0.15, -0.1) is 0 Å². The van der Waals surface area contributed by atoms with Crippen molar-refractivity contribution in [1.82, 2.24) is 0 Å². The molecule has 0 radical (unpaired) electrons. The third-order valence-corrected chi connectivity index (χ3v) is 4.86. The Labute approximate surface area is 154 Å². The van der Waals surface area contributed by atoms with Crippen LogP contribution >= 0.6 is 0 Å². The minimum atomic E-state index is -4.45. The number of benzene rings is 2. The van der Waals surface area contributed by atoms with Gasteiger partial charge in [0.1, 0.15) is 11.2 Å². The molecule has 0 N–H and O–H groups in total. The number of alkyl halides is 3. The summed E-state index contributed by atoms with van der Waals surface area (Å²) in [5, 5.41) is 0. The first-order valence-electron chi connectivity index (χ1n) is 8.47. The number of hydrogen-bond donors (Lipinski definition) is 0. The summed E-state index contributed by atoms with van der Waals surface area (Å²) in [5.41, 5.74) is 0.166. The van der Waals surface area contributed by atoms with Crippen molar-refractivity contribution in [2.24, 2.45) is 0 Å². The maximum atomic E-state index is 14.7. The Morgan fingerprint density at radius 2 is 1.70 bits per heavy atom. The molecule has 3 rings (SSSR count). The molecule has 2 aromatic carbocycles. The number of rotatable bonds is 4. The molecule has 6 heteroatoms. The maximum Gasteiger partial charge on any atom is 0.416 e. The molecule has 0 aliphatic heterocycles. The van der Waals surface area contributed by atoms with E-state index in [0.29, 0.717) is 22.3 Å². The van der Waals surface area contributed by atoms with Gasteiger partial charge in [0.25, 0.3) is 0 Å². The lowest BCUT2D eigenvalue weighted by Gasteiger charge is -2.20. The normalized spacial score (nSPS) is 19.2. The summed E-state index contributed by atoms with van der Waals surface area (Å²) in [4.78, 5) is 12.8. The first-order chi connectivity index (χ1) is 12.6. The van der Waals surface area contributed by atoms with E-state index in [1.807, 2.05) is 0 Å². The Kier molecular flexibility index (Phi) is 4.62. The molecule has 0 bridgehead atoms. The summed E-state index contributed by atoms with van der Waals surface area (Å²) in [6.45, 7) is 5.16. The average Bonchev–Trinajstić information content (AvgIpc) is 3.20. The van der Waals surface area contributed by atoms with Crippen LogP contribution < -0.4 is 0 Å². The summed E-state index contributed by atoms with van der Waals surface area (Å²) in [6.07, 6.45) is -4.45. The SMILES string of the molecule is CCOC(=O)C1(c2ccc(C)cc2F)C(C)=C1c1ccc(C(F)(F)F)cc1. The van der Waals surface area contributed by atoms with E-state index < -0.39 is 28.9 Å². The largest absolute Gasteiger partial charge is 0.465 e. The Morgan fingerprint density at radius 3 is 2.22 bits per heavy atom. The molecule has 142 valence electrons. The summed E-state index contributed by atoms with van der Waals surface area (Å²) in [7, 11) is 0. The number of carbonyl (C=O) groups excluding carboxylic acids is 1. The van der Waals surface area contributed by atoms with Crippen LogP contribution in [0.3, 0.4) is 0 Å². The van der Waals surface area contributed by atoms with Gasteiger partial charge in [0.15, 0.2) is 0 Å². The number of aryl methyl sites for hydroxylation is 1. The molecule has 2 aromatic rings. The van der Waals surface area contributed by atoms with E-state index in [9.17, 15) is 22.4 Å². The fourth-order valence-electron chi connectivity index (χ4n) is 3.53. The van der Waals surface area contributed by atoms with E-state index in [-0.39, 0.29) is 12.2 Å². The molecule has 0 aromatic heterocycles. The van der Waals surface area contributed by atoms with Gasteiger partial charge in [-0.1, -0.05) is 24.3 Å². The molecular formula is C21H18F4O2. The summed E-state index contributed by atoms with van der Waals surface area (Å²) in [5.74, 6) is -1.18. The summed E-state index contributed by atoms with van der Waals surface area (Å²) in [6, 6.07) is 9.05. The quantitative estimate of drug-likeness (QED) is 0.523. The van der Waals surface area contributed by atoms with Crippen LogP contribution in [0.4, 0.5) is 17.6 Å². The van der Waals surface area contributed by atoms with Gasteiger partial charge in [-0.3, -0.25) is 4.79 Å². The molecule has 0 saturated heterocycles. The van der Waals surface area contributed by atoms with Crippen LogP contribution in [0, 0.1) is 12.7 Å². The zero-order valence-electron chi connectivity index (χ0n) is 15.1. The highest BCUT2D eigenvalue weighted by atomic mass is 19.4. The van der Waals surface area contributed by atoms with Crippen LogP contribution in [0.15, 0.2) is 48.0 Å². The van der Waals surface area contributed by atoms with Gasteiger partial charge >= 0.3 is 12.1 Å². The van der Waals surface area contributed by atoms with Crippen molar-refractivity contribution in [3.05, 3.63) is 76.1 Å². The van der Waals surface area contributed by atoms with E-state index in [1.165, 1.54) is 24.3 Å². The van der Waals surface area contributed by atoms with Gasteiger partial charge in [-0.05, 0) is 61.2 Å². The highest BCUT2D eigenvalue weighted by Gasteiger charge is 2.61. The fourth-order valence-corrected chi connectivity index (χ4v) is 3.53. The molecule has 2 nitrogen and oxygen atoms in total. The van der Waals surface area contributed by atoms with Crippen molar-refractivity contribution in [2.45, 2.75) is 32.4 Å². The predicted octanol–water partition coefficient (Wildman–Crippen LogP) is 5.44. The fraction of sp³-hybridized carbons (Fsp3) is 0.286. The van der Waals surface area contributed by atoms with E-state index in [4.69, 9.17) is 4.74 Å². The third kappa shape index (κ3) is 3.03. The van der Waals surface area contributed by atoms with Gasteiger partial charge in [0.05, 0.1) is 12.2 Å². The van der Waals surface area contributed by atoms with Crippen LogP contribution in [0.5, 0.6) is 0 Å². The topological polar surface area (TPSA) is 26.3 Å². The smallest absolute Gasteiger partial charge is 0.416 e. The Morgan fingerprint density at radius 1 is 1.07 bits per heavy atom. The Hall–Kier alpha value is -2.63. The summed E-state index contributed by atoms with van der Waals surface area (Å²) < 4.78 is 58.3. The molecule has 0 saturated carbocycles. The maximum absolute atomic E-state index is 14.7. The molecule has 1 atom stereocenters. The Bertz CT molecular complexity index is 926. The minimum absolute atomic E-state index is 0.113. The molecule has 1 aliphatic rings. The molecule has 0 spiro atoms. The second-order valence-corrected chi connectivity index (χ2v) is 6.53. The second-order valence-electron chi connectivity index (χ2n) is 6.53. The van der Waals surface area contributed by atoms with Crippen LogP contribution in [0.2, 0.25) is 0 Å². The van der Waals surface area contributed by atoms with Crippen LogP contribution in [-0.2, 0) is 21.1 Å². The van der Waals surface area contributed by atoms with Crippen molar-refractivity contribution >= 4 is 11.5 Å². The van der Waals surface area contributed by atoms with Crippen LogP contribution in [-0.4, -0.2) is 12.6 Å². The molecule has 0 amide bonds. The molecule has 1 unspecified atom stereocenters. The number of halogens is 4. The van der Waals surface area contributed by atoms with E-state index >= 15 is 0 Å². The number of hydrogen-bond acceptors (Lipinski definition) is 2. The standard InChI is InChI=1S/C21H18F4O2/c1-4-27-19(26)20(16-10-5-12(2)11-17(16)22)13(3)18(20)14-6-8-15(9-7-14)21(23,24)25/h5-11H,4H2,1-3H3. The van der Waals surface area contributed by atoms with Crippen molar-refractivity contribution in [3.63, 3.8) is 0 Å². The van der Waals surface area contributed by atoms with E-state index in [2.05, 4.69) is 0 Å². The van der Waals surface area contributed by atoms with E-state index in [0.717, 1.165) is 12.1 Å². The monoisotopic (exact) mass is 378 g/mol. The molecule has 27 heavy (non-hydrogen) atoms. The van der Waals surface area contributed by atoms with Crippen molar-refractivity contribution in [2.75, 3.05) is 6.61 Å². The van der Waals surface area contributed by atoms with Gasteiger partial charge in [0, 0.05) is 5.56 Å². The lowest BCUT2D eigenvalue weighted by molar-refractivity contribution is -0.145. The van der Waals surface area contributed by atoms with Gasteiger partial charge in [0.2, 0.25) is 0 Å². The first-order valence-corrected chi connectivity index (χ1v) is 8.47. The average molecular weight is 378 g/mol. The lowest BCUT2D eigenvalue weighted by Crippen LogP contribution is -2.29. The molecule has 0 heterocycles. The first kappa shape index (κ1) is 19.1. The molecule has 1 aliphatic carbocycles. The zero-order valence-corrected chi connectivity index (χ0v) is 15.1. The van der Waals surface area contributed by atoms with Crippen molar-refractivity contribution in [1.29, 1.82) is 0 Å². The third-order valence-electron chi connectivity index (χ3n) is 4.86. The van der Waals surface area contributed by atoms with Crippen molar-refractivity contribution < 1.29 is 27.1 Å². The van der Waals surface area contributed by atoms with Gasteiger partial charge in [-0.25, -0.2) is 4.39 Å². The number of ether oxygens (including phenoxy) is 1. The lowest BCUT2D eigenvalue weighted by atomic mass is 9.85. The van der Waals surface area contributed by atoms with Gasteiger partial charge < -0.3 is 4.74 Å². The Balaban J connectivity index is 2.08. The highest BCUT2D eigenvalue weighted by Crippen LogP contribution is 2.60.